The van der Waals surface area contributed by atoms with Gasteiger partial charge >= 0.3 is 0 Å². The summed E-state index contributed by atoms with van der Waals surface area (Å²) >= 11 is 0. The van der Waals surface area contributed by atoms with Crippen LogP contribution in [0.5, 0.6) is 0 Å². The molecule has 1 heterocycles. The van der Waals surface area contributed by atoms with Crippen molar-refractivity contribution in [2.45, 2.75) is 60.3 Å². The van der Waals surface area contributed by atoms with Gasteiger partial charge in [0.15, 0.2) is 0 Å². The highest BCUT2D eigenvalue weighted by atomic mass is 19.1. The highest BCUT2D eigenvalue weighted by molar-refractivity contribution is 5.75. The molecule has 0 saturated carbocycles. The van der Waals surface area contributed by atoms with Gasteiger partial charge in [0.2, 0.25) is 6.41 Å². The quantitative estimate of drug-likeness (QED) is 0.286. The number of benzene rings is 1. The fraction of sp³-hybridized carbons (Fsp3) is 0.545. The van der Waals surface area contributed by atoms with Gasteiger partial charge in [-0.15, -0.1) is 0 Å². The molecule has 0 N–H and O–H groups in total. The first-order chi connectivity index (χ1) is 19.1. The molecule has 1 aliphatic heterocycles. The maximum Gasteiger partial charge on any atom is 0.214 e. The van der Waals surface area contributed by atoms with E-state index < -0.39 is 0 Å². The Morgan fingerprint density at radius 2 is 1.65 bits per heavy atom. The minimum atomic E-state index is -0.333. The Morgan fingerprint density at radius 1 is 1.10 bits per heavy atom. The summed E-state index contributed by atoms with van der Waals surface area (Å²) < 4.78 is 31.9. The Bertz CT molecular complexity index is 908. The molecule has 1 fully saturated rings. The number of likely N-dealkylation sites (tertiary alicyclic amines) is 1. The standard InChI is InChI=1S/C23H32N2O2.C4H7F.C3H5F.C3H8O/c1-20-8-10-22(11-9-20)25(19-26)17-23(18-27-2)12-14-24(15-13-23)16-21-6-4-3-5-7-21;1-4(2)3-5;1-3(2)4;1-3-4-2/h4,6-11,19H,3,5,12-18H2,1-2H3;3H,1-2H3;1H2,2H3;3H2,1-2H3. The monoisotopic (exact) mass is 562 g/mol. The summed E-state index contributed by atoms with van der Waals surface area (Å²) in [6.07, 6.45) is 12.9. The van der Waals surface area contributed by atoms with Crippen LogP contribution < -0.4 is 4.90 Å². The van der Waals surface area contributed by atoms with Crippen molar-refractivity contribution in [2.24, 2.45) is 5.41 Å². The number of rotatable bonds is 9. The topological polar surface area (TPSA) is 42.0 Å². The van der Waals surface area contributed by atoms with Crippen molar-refractivity contribution in [3.8, 4) is 0 Å². The predicted molar refractivity (Wildman–Crippen MR) is 165 cm³/mol. The summed E-state index contributed by atoms with van der Waals surface area (Å²) in [6.45, 7) is 17.0. The number of anilines is 1. The van der Waals surface area contributed by atoms with Gasteiger partial charge in [-0.2, -0.15) is 0 Å². The van der Waals surface area contributed by atoms with E-state index in [1.165, 1.54) is 24.5 Å². The average Bonchev–Trinajstić information content (AvgIpc) is 2.94. The van der Waals surface area contributed by atoms with Gasteiger partial charge in [0.1, 0.15) is 0 Å². The molecule has 0 aromatic heterocycles. The molecule has 7 heteroatoms. The summed E-state index contributed by atoms with van der Waals surface area (Å²) in [6, 6.07) is 8.17. The molecule has 0 radical (unpaired) electrons. The molecule has 226 valence electrons. The van der Waals surface area contributed by atoms with Crippen LogP contribution in [0, 0.1) is 12.3 Å². The molecule has 1 aromatic carbocycles. The first kappa shape index (κ1) is 37.4. The lowest BCUT2D eigenvalue weighted by atomic mass is 9.78. The number of piperidine rings is 1. The van der Waals surface area contributed by atoms with E-state index in [0.29, 0.717) is 25.1 Å². The molecular weight excluding hydrogens is 510 g/mol. The summed E-state index contributed by atoms with van der Waals surface area (Å²) in [5.74, 6) is -0.333. The third-order valence-corrected chi connectivity index (χ3v) is 6.35. The number of allylic oxidation sites excluding steroid dienone is 4. The molecule has 40 heavy (non-hydrogen) atoms. The number of amides is 1. The van der Waals surface area contributed by atoms with Gasteiger partial charge < -0.3 is 14.4 Å². The van der Waals surface area contributed by atoms with Gasteiger partial charge in [-0.25, -0.2) is 8.78 Å². The molecule has 1 aliphatic carbocycles. The fourth-order valence-electron chi connectivity index (χ4n) is 4.17. The lowest BCUT2D eigenvalue weighted by molar-refractivity contribution is -0.108. The highest BCUT2D eigenvalue weighted by Crippen LogP contribution is 2.34. The van der Waals surface area contributed by atoms with Crippen LogP contribution >= 0.6 is 0 Å². The number of aryl methyl sites for hydroxylation is 1. The zero-order valence-corrected chi connectivity index (χ0v) is 25.8. The summed E-state index contributed by atoms with van der Waals surface area (Å²) in [4.78, 5) is 16.2. The number of halogens is 2. The molecule has 3 rings (SSSR count). The first-order valence-electron chi connectivity index (χ1n) is 13.9. The molecule has 2 aliphatic rings. The molecule has 0 unspecified atom stereocenters. The van der Waals surface area contributed by atoms with Crippen LogP contribution in [0.2, 0.25) is 0 Å². The Balaban J connectivity index is 0.000000980. The maximum atomic E-state index is 11.8. The molecule has 0 atom stereocenters. The van der Waals surface area contributed by atoms with Crippen LogP contribution in [-0.2, 0) is 14.3 Å². The molecule has 1 saturated heterocycles. The number of carbonyl (C=O) groups is 1. The third-order valence-electron chi connectivity index (χ3n) is 6.35. The summed E-state index contributed by atoms with van der Waals surface area (Å²) in [7, 11) is 3.45. The first-order valence-corrected chi connectivity index (χ1v) is 13.9. The van der Waals surface area contributed by atoms with Crippen molar-refractivity contribution in [3.05, 3.63) is 77.9 Å². The second-order valence-electron chi connectivity index (χ2n) is 10.5. The van der Waals surface area contributed by atoms with Crippen molar-refractivity contribution in [2.75, 3.05) is 58.5 Å². The molecule has 5 nitrogen and oxygen atoms in total. The largest absolute Gasteiger partial charge is 0.385 e. The number of nitrogens with zero attached hydrogens (tertiary/aromatic N) is 2. The highest BCUT2D eigenvalue weighted by Gasteiger charge is 2.36. The van der Waals surface area contributed by atoms with Crippen molar-refractivity contribution >= 4 is 12.1 Å². The van der Waals surface area contributed by atoms with E-state index in [9.17, 15) is 13.6 Å². The maximum absolute atomic E-state index is 11.8. The Kier molecular flexibility index (Phi) is 20.7. The van der Waals surface area contributed by atoms with Crippen molar-refractivity contribution in [1.82, 2.24) is 4.90 Å². The zero-order chi connectivity index (χ0) is 30.4. The number of carbonyl (C=O) groups excluding carboxylic acids is 1. The Hall–Kier alpha value is -2.61. The predicted octanol–water partition coefficient (Wildman–Crippen LogP) is 7.98. The second kappa shape index (κ2) is 22.1. The number of hydrogen-bond acceptors (Lipinski definition) is 4. The van der Waals surface area contributed by atoms with Gasteiger partial charge in [-0.1, -0.05) is 42.5 Å². The van der Waals surface area contributed by atoms with Crippen LogP contribution in [-0.4, -0.2) is 64.9 Å². The third kappa shape index (κ3) is 17.2. The van der Waals surface area contributed by atoms with E-state index in [-0.39, 0.29) is 11.2 Å². The molecule has 1 amide bonds. The molecular formula is C33H52F2N2O3. The molecule has 1 aromatic rings. The van der Waals surface area contributed by atoms with E-state index in [0.717, 1.165) is 57.6 Å². The van der Waals surface area contributed by atoms with Gasteiger partial charge in [0, 0.05) is 45.0 Å². The fourth-order valence-corrected chi connectivity index (χ4v) is 4.17. The lowest BCUT2D eigenvalue weighted by Crippen LogP contribution is -2.48. The van der Waals surface area contributed by atoms with Crippen molar-refractivity contribution in [1.29, 1.82) is 0 Å². The van der Waals surface area contributed by atoms with E-state index >= 15 is 0 Å². The van der Waals surface area contributed by atoms with E-state index in [4.69, 9.17) is 4.74 Å². The summed E-state index contributed by atoms with van der Waals surface area (Å²) in [5, 5.41) is 0. The lowest BCUT2D eigenvalue weighted by Gasteiger charge is -2.43. The van der Waals surface area contributed by atoms with Gasteiger partial charge in [0.05, 0.1) is 18.8 Å². The van der Waals surface area contributed by atoms with E-state index in [2.05, 4.69) is 53.5 Å². The van der Waals surface area contributed by atoms with Crippen molar-refractivity contribution < 1.29 is 23.0 Å². The minimum absolute atomic E-state index is 0.0217. The molecule has 0 bridgehead atoms. The number of ether oxygens (including phenoxy) is 2. The minimum Gasteiger partial charge on any atom is -0.385 e. The SMILES string of the molecule is C=C(C)F.CC(C)=CF.CCOC.COCC1(CN(C=O)c2ccc(C)cc2)CCN(CC2=CCCC=C2)CC1. The average molecular weight is 563 g/mol. The van der Waals surface area contributed by atoms with Crippen LogP contribution in [0.4, 0.5) is 14.5 Å². The Labute approximate surface area is 242 Å². The van der Waals surface area contributed by atoms with Crippen LogP contribution in [0.3, 0.4) is 0 Å². The van der Waals surface area contributed by atoms with Crippen LogP contribution in [0.25, 0.3) is 0 Å². The van der Waals surface area contributed by atoms with Gasteiger partial charge in [-0.05, 0) is 96.7 Å². The number of methoxy groups -OCH3 is 2. The molecule has 0 spiro atoms. The smallest absolute Gasteiger partial charge is 0.214 e. The summed E-state index contributed by atoms with van der Waals surface area (Å²) in [5.41, 5.74) is 4.34. The van der Waals surface area contributed by atoms with E-state index in [1.54, 1.807) is 28.1 Å². The zero-order valence-electron chi connectivity index (χ0n) is 25.8. The van der Waals surface area contributed by atoms with Crippen LogP contribution in [0.15, 0.2) is 72.4 Å². The number of hydrogen-bond donors (Lipinski definition) is 0. The van der Waals surface area contributed by atoms with Crippen LogP contribution in [0.1, 0.15) is 58.9 Å². The van der Waals surface area contributed by atoms with Gasteiger partial charge in [-0.3, -0.25) is 9.69 Å². The Morgan fingerprint density at radius 3 is 2.05 bits per heavy atom. The van der Waals surface area contributed by atoms with E-state index in [1.807, 2.05) is 24.0 Å². The van der Waals surface area contributed by atoms with Gasteiger partial charge in [0.25, 0.3) is 0 Å². The van der Waals surface area contributed by atoms with Crippen molar-refractivity contribution in [3.63, 3.8) is 0 Å². The second-order valence-corrected chi connectivity index (χ2v) is 10.5. The normalized spacial score (nSPS) is 15.5.